The van der Waals surface area contributed by atoms with Crippen LogP contribution >= 0.6 is 11.3 Å². The van der Waals surface area contributed by atoms with E-state index in [0.717, 1.165) is 19.4 Å². The van der Waals surface area contributed by atoms with Crippen LogP contribution in [-0.2, 0) is 9.53 Å². The topological polar surface area (TPSA) is 83.8 Å². The molecule has 10 heteroatoms. The lowest BCUT2D eigenvalue weighted by Gasteiger charge is -2.22. The van der Waals surface area contributed by atoms with Gasteiger partial charge in [0.1, 0.15) is 11.5 Å². The molecule has 2 N–H and O–H groups in total. The lowest BCUT2D eigenvalue weighted by Crippen LogP contribution is -2.38. The summed E-state index contributed by atoms with van der Waals surface area (Å²) in [7, 11) is 1.83. The van der Waals surface area contributed by atoms with Crippen molar-refractivity contribution in [3.8, 4) is 11.3 Å². The highest BCUT2D eigenvalue weighted by Crippen LogP contribution is 2.34. The fourth-order valence-electron chi connectivity index (χ4n) is 3.57. The number of fused-ring (bicyclic) bond motifs is 1. The van der Waals surface area contributed by atoms with Crippen molar-refractivity contribution in [2.75, 3.05) is 37.0 Å². The third-order valence-corrected chi connectivity index (χ3v) is 6.07. The van der Waals surface area contributed by atoms with E-state index < -0.39 is 0 Å². The summed E-state index contributed by atoms with van der Waals surface area (Å²) in [5, 5.41) is 11.7. The number of carbonyl (C=O) groups excluding carboxylic acids is 1. The van der Waals surface area contributed by atoms with Gasteiger partial charge < -0.3 is 20.3 Å². The first-order valence-electron chi connectivity index (χ1n) is 10.7. The molecule has 32 heavy (non-hydrogen) atoms. The molecule has 2 aromatic heterocycles. The number of anilines is 2. The predicted octanol–water partition coefficient (Wildman–Crippen LogP) is 3.54. The lowest BCUT2D eigenvalue weighted by molar-refractivity contribution is -0.120. The standard InChI is InChI=1S/C22H29FN6O2S/c1-22(2,3)26-19-18(14-7-5-8-15(23)11-14)25-20-29(19)27-21(32-20)28(4)13-17(30)24-12-16-9-6-10-31-16/h5,7-8,11,16,26H,6,9-10,12-13H2,1-4H3,(H,24,30)/t16-/m1/s1. The molecule has 4 rings (SSSR count). The molecule has 1 saturated heterocycles. The quantitative estimate of drug-likeness (QED) is 0.561. The molecule has 1 aliphatic rings. The van der Waals surface area contributed by atoms with Gasteiger partial charge in [-0.15, -0.1) is 5.10 Å². The number of benzene rings is 1. The Kier molecular flexibility index (Phi) is 6.34. The van der Waals surface area contributed by atoms with Crippen LogP contribution in [0.4, 0.5) is 15.3 Å². The van der Waals surface area contributed by atoms with Crippen LogP contribution < -0.4 is 15.5 Å². The van der Waals surface area contributed by atoms with Crippen LogP contribution in [0.2, 0.25) is 0 Å². The van der Waals surface area contributed by atoms with E-state index in [1.54, 1.807) is 15.5 Å². The fourth-order valence-corrected chi connectivity index (χ4v) is 4.43. The summed E-state index contributed by atoms with van der Waals surface area (Å²) in [6, 6.07) is 6.37. The van der Waals surface area contributed by atoms with Crippen molar-refractivity contribution in [1.29, 1.82) is 0 Å². The number of likely N-dealkylation sites (N-methyl/N-ethyl adjacent to an activating group) is 1. The molecule has 1 atom stereocenters. The number of imidazole rings is 1. The van der Waals surface area contributed by atoms with Gasteiger partial charge in [-0.05, 0) is 45.7 Å². The lowest BCUT2D eigenvalue weighted by atomic mass is 10.1. The molecule has 1 aliphatic heterocycles. The smallest absolute Gasteiger partial charge is 0.239 e. The van der Waals surface area contributed by atoms with E-state index in [0.29, 0.717) is 33.7 Å². The highest BCUT2D eigenvalue weighted by Gasteiger charge is 2.24. The van der Waals surface area contributed by atoms with E-state index in [1.807, 2.05) is 33.9 Å². The van der Waals surface area contributed by atoms with Gasteiger partial charge in [0.2, 0.25) is 16.0 Å². The Balaban J connectivity index is 1.55. The minimum absolute atomic E-state index is 0.0793. The van der Waals surface area contributed by atoms with Crippen molar-refractivity contribution in [1.82, 2.24) is 19.9 Å². The minimum Gasteiger partial charge on any atom is -0.376 e. The maximum atomic E-state index is 13.8. The summed E-state index contributed by atoms with van der Waals surface area (Å²) in [6.07, 6.45) is 2.14. The number of carbonyl (C=O) groups is 1. The molecule has 0 bridgehead atoms. The second-order valence-corrected chi connectivity index (χ2v) is 10.0. The number of amides is 1. The van der Waals surface area contributed by atoms with Crippen LogP contribution in [0.15, 0.2) is 24.3 Å². The number of aromatic nitrogens is 3. The Bertz CT molecular complexity index is 1100. The third kappa shape index (κ3) is 5.18. The number of nitrogens with one attached hydrogen (secondary N) is 2. The summed E-state index contributed by atoms with van der Waals surface area (Å²) >= 11 is 1.38. The van der Waals surface area contributed by atoms with E-state index >= 15 is 0 Å². The Morgan fingerprint density at radius 3 is 2.91 bits per heavy atom. The summed E-state index contributed by atoms with van der Waals surface area (Å²) in [5.74, 6) is 0.295. The van der Waals surface area contributed by atoms with E-state index in [4.69, 9.17) is 14.8 Å². The van der Waals surface area contributed by atoms with Crippen LogP contribution in [0.1, 0.15) is 33.6 Å². The van der Waals surface area contributed by atoms with Gasteiger partial charge in [-0.2, -0.15) is 4.52 Å². The van der Waals surface area contributed by atoms with Crippen molar-refractivity contribution in [2.24, 2.45) is 0 Å². The molecule has 0 spiro atoms. The first-order valence-corrected chi connectivity index (χ1v) is 11.5. The van der Waals surface area contributed by atoms with E-state index in [1.165, 1.54) is 23.5 Å². The molecule has 0 radical (unpaired) electrons. The average Bonchev–Trinajstić information content (AvgIpc) is 3.43. The Morgan fingerprint density at radius 1 is 1.41 bits per heavy atom. The third-order valence-electron chi connectivity index (χ3n) is 5.04. The monoisotopic (exact) mass is 460 g/mol. The molecule has 3 aromatic rings. The van der Waals surface area contributed by atoms with Gasteiger partial charge in [0.15, 0.2) is 5.82 Å². The maximum absolute atomic E-state index is 13.8. The molecule has 1 aromatic carbocycles. The van der Waals surface area contributed by atoms with Crippen molar-refractivity contribution in [3.63, 3.8) is 0 Å². The van der Waals surface area contributed by atoms with Crippen molar-refractivity contribution in [2.45, 2.75) is 45.3 Å². The normalized spacial score (nSPS) is 16.5. The number of halogens is 1. The maximum Gasteiger partial charge on any atom is 0.239 e. The van der Waals surface area contributed by atoms with Crippen molar-refractivity contribution in [3.05, 3.63) is 30.1 Å². The van der Waals surface area contributed by atoms with E-state index in [2.05, 4.69) is 10.6 Å². The number of ether oxygens (including phenoxy) is 1. The summed E-state index contributed by atoms with van der Waals surface area (Å²) in [6.45, 7) is 7.60. The van der Waals surface area contributed by atoms with Crippen LogP contribution in [0.25, 0.3) is 16.2 Å². The van der Waals surface area contributed by atoms with Crippen LogP contribution in [-0.4, -0.2) is 58.9 Å². The SMILES string of the molecule is CN(CC(=O)NC[C@H]1CCCO1)c1nn2c(NC(C)(C)C)c(-c3cccc(F)c3)nc2s1. The molecule has 172 valence electrons. The zero-order valence-electron chi connectivity index (χ0n) is 18.8. The van der Waals surface area contributed by atoms with Gasteiger partial charge in [0.05, 0.1) is 12.6 Å². The zero-order valence-corrected chi connectivity index (χ0v) is 19.6. The molecular weight excluding hydrogens is 431 g/mol. The van der Waals surface area contributed by atoms with E-state index in [-0.39, 0.29) is 29.9 Å². The van der Waals surface area contributed by atoms with Gasteiger partial charge in [-0.25, -0.2) is 9.37 Å². The summed E-state index contributed by atoms with van der Waals surface area (Å²) < 4.78 is 21.1. The summed E-state index contributed by atoms with van der Waals surface area (Å²) in [4.78, 5) is 19.5. The van der Waals surface area contributed by atoms with Gasteiger partial charge >= 0.3 is 0 Å². The van der Waals surface area contributed by atoms with Crippen LogP contribution in [0.5, 0.6) is 0 Å². The van der Waals surface area contributed by atoms with Crippen molar-refractivity contribution >= 4 is 33.2 Å². The molecule has 1 fully saturated rings. The van der Waals surface area contributed by atoms with Crippen LogP contribution in [0.3, 0.4) is 0 Å². The highest BCUT2D eigenvalue weighted by atomic mass is 32.1. The number of nitrogens with zero attached hydrogens (tertiary/aromatic N) is 4. The molecule has 8 nitrogen and oxygen atoms in total. The van der Waals surface area contributed by atoms with Gasteiger partial charge in [-0.3, -0.25) is 4.79 Å². The second-order valence-electron chi connectivity index (χ2n) is 9.07. The highest BCUT2D eigenvalue weighted by molar-refractivity contribution is 7.20. The second kappa shape index (κ2) is 9.03. The Morgan fingerprint density at radius 2 is 2.22 bits per heavy atom. The largest absolute Gasteiger partial charge is 0.376 e. The van der Waals surface area contributed by atoms with Gasteiger partial charge in [-0.1, -0.05) is 23.5 Å². The van der Waals surface area contributed by atoms with Gasteiger partial charge in [0.25, 0.3) is 0 Å². The number of rotatable bonds is 7. The molecule has 1 amide bonds. The average molecular weight is 461 g/mol. The Labute approximate surface area is 190 Å². The minimum atomic E-state index is -0.317. The van der Waals surface area contributed by atoms with Crippen molar-refractivity contribution < 1.29 is 13.9 Å². The number of hydrogen-bond donors (Lipinski definition) is 2. The molecule has 0 unspecified atom stereocenters. The van der Waals surface area contributed by atoms with Crippen LogP contribution in [0, 0.1) is 5.82 Å². The Hall–Kier alpha value is -2.72. The molecular formula is C22H29FN6O2S. The van der Waals surface area contributed by atoms with E-state index in [9.17, 15) is 9.18 Å². The molecule has 0 saturated carbocycles. The molecule has 3 heterocycles. The first kappa shape index (κ1) is 22.5. The van der Waals surface area contributed by atoms with Gasteiger partial charge in [0, 0.05) is 31.3 Å². The predicted molar refractivity (Wildman–Crippen MR) is 125 cm³/mol. The first-order chi connectivity index (χ1) is 15.2. The zero-order chi connectivity index (χ0) is 22.9. The fraction of sp³-hybridized carbons (Fsp3) is 0.500. The summed E-state index contributed by atoms with van der Waals surface area (Å²) in [5.41, 5.74) is 1.06. The molecule has 0 aliphatic carbocycles. The number of hydrogen-bond acceptors (Lipinski definition) is 7.